The van der Waals surface area contributed by atoms with Gasteiger partial charge in [-0.05, 0) is 62.1 Å². The first-order valence-corrected chi connectivity index (χ1v) is 10.0. The monoisotopic (exact) mass is 372 g/mol. The van der Waals surface area contributed by atoms with E-state index in [0.29, 0.717) is 29.2 Å². The van der Waals surface area contributed by atoms with Crippen molar-refractivity contribution in [3.05, 3.63) is 58.8 Å². The van der Waals surface area contributed by atoms with Gasteiger partial charge in [-0.3, -0.25) is 0 Å². The molecule has 138 valence electrons. The second-order valence-corrected chi connectivity index (χ2v) is 8.24. The summed E-state index contributed by atoms with van der Waals surface area (Å²) < 4.78 is 33.4. The van der Waals surface area contributed by atoms with Crippen molar-refractivity contribution in [1.82, 2.24) is 9.71 Å². The van der Waals surface area contributed by atoms with E-state index in [1.165, 1.54) is 0 Å². The van der Waals surface area contributed by atoms with Crippen molar-refractivity contribution in [2.45, 2.75) is 32.1 Å². The maximum absolute atomic E-state index is 12.7. The number of nitrogens with one attached hydrogen (secondary N) is 2. The van der Waals surface area contributed by atoms with Crippen LogP contribution in [0, 0.1) is 20.8 Å². The van der Waals surface area contributed by atoms with Crippen LogP contribution in [0.1, 0.15) is 22.4 Å². The first-order chi connectivity index (χ1) is 12.3. The molecule has 5 nitrogen and oxygen atoms in total. The Hall–Kier alpha value is -2.31. The van der Waals surface area contributed by atoms with Crippen molar-refractivity contribution in [3.8, 4) is 5.75 Å². The SMILES string of the molecule is COc1cc(C)c(S(=O)(=O)NCCc2c(C)[nH]c3ccccc23)cc1C. The normalized spacial score (nSPS) is 11.8. The molecule has 0 radical (unpaired) electrons. The number of hydrogen-bond donors (Lipinski definition) is 2. The van der Waals surface area contributed by atoms with E-state index in [1.54, 1.807) is 26.2 Å². The summed E-state index contributed by atoms with van der Waals surface area (Å²) in [6, 6.07) is 11.5. The minimum absolute atomic E-state index is 0.298. The molecule has 1 aromatic heterocycles. The van der Waals surface area contributed by atoms with Gasteiger partial charge in [-0.1, -0.05) is 18.2 Å². The second-order valence-electron chi connectivity index (χ2n) is 6.51. The molecule has 0 saturated carbocycles. The Kier molecular flexibility index (Phi) is 5.07. The van der Waals surface area contributed by atoms with E-state index in [-0.39, 0.29) is 0 Å². The molecule has 0 bridgehead atoms. The standard InChI is InChI=1S/C20H24N2O3S/c1-13-12-20(14(2)11-19(13)25-4)26(23,24)21-10-9-16-15(3)22-18-8-6-5-7-17(16)18/h5-8,11-12,21-22H,9-10H2,1-4H3. The highest BCUT2D eigenvalue weighted by atomic mass is 32.2. The van der Waals surface area contributed by atoms with Crippen LogP contribution in [0.5, 0.6) is 5.75 Å². The Morgan fingerprint density at radius 1 is 1.08 bits per heavy atom. The predicted octanol–water partition coefficient (Wildman–Crippen LogP) is 3.62. The van der Waals surface area contributed by atoms with E-state index in [1.807, 2.05) is 32.0 Å². The lowest BCUT2D eigenvalue weighted by Crippen LogP contribution is -2.26. The molecule has 3 rings (SSSR count). The van der Waals surface area contributed by atoms with Crippen LogP contribution in [0.15, 0.2) is 41.3 Å². The molecule has 0 amide bonds. The Balaban J connectivity index is 1.79. The fourth-order valence-electron chi connectivity index (χ4n) is 3.32. The number of sulfonamides is 1. The molecule has 2 N–H and O–H groups in total. The fraction of sp³-hybridized carbons (Fsp3) is 0.300. The molecule has 6 heteroatoms. The number of aromatic nitrogens is 1. The number of methoxy groups -OCH3 is 1. The maximum atomic E-state index is 12.7. The number of ether oxygens (including phenoxy) is 1. The minimum atomic E-state index is -3.57. The minimum Gasteiger partial charge on any atom is -0.496 e. The number of aromatic amines is 1. The predicted molar refractivity (Wildman–Crippen MR) is 104 cm³/mol. The molecule has 0 aliphatic heterocycles. The van der Waals surface area contributed by atoms with Gasteiger partial charge in [-0.25, -0.2) is 13.1 Å². The zero-order valence-electron chi connectivity index (χ0n) is 15.5. The molecular weight excluding hydrogens is 348 g/mol. The lowest BCUT2D eigenvalue weighted by molar-refractivity contribution is 0.411. The van der Waals surface area contributed by atoms with Gasteiger partial charge in [-0.2, -0.15) is 0 Å². The molecule has 0 atom stereocenters. The molecule has 0 spiro atoms. The van der Waals surface area contributed by atoms with Gasteiger partial charge >= 0.3 is 0 Å². The number of para-hydroxylation sites is 1. The van der Waals surface area contributed by atoms with Gasteiger partial charge in [0.05, 0.1) is 12.0 Å². The highest BCUT2D eigenvalue weighted by molar-refractivity contribution is 7.89. The van der Waals surface area contributed by atoms with Crippen LogP contribution >= 0.6 is 0 Å². The number of aryl methyl sites for hydroxylation is 3. The summed E-state index contributed by atoms with van der Waals surface area (Å²) in [5, 5.41) is 1.14. The summed E-state index contributed by atoms with van der Waals surface area (Å²) in [4.78, 5) is 3.64. The fourth-order valence-corrected chi connectivity index (χ4v) is 4.66. The largest absolute Gasteiger partial charge is 0.496 e. The second kappa shape index (κ2) is 7.13. The zero-order chi connectivity index (χ0) is 18.9. The molecule has 2 aromatic carbocycles. The third kappa shape index (κ3) is 3.48. The van der Waals surface area contributed by atoms with Crippen molar-refractivity contribution in [2.75, 3.05) is 13.7 Å². The molecule has 26 heavy (non-hydrogen) atoms. The maximum Gasteiger partial charge on any atom is 0.240 e. The topological polar surface area (TPSA) is 71.2 Å². The van der Waals surface area contributed by atoms with Crippen LogP contribution in [-0.4, -0.2) is 27.1 Å². The van der Waals surface area contributed by atoms with Gasteiger partial charge in [-0.15, -0.1) is 0 Å². The lowest BCUT2D eigenvalue weighted by Gasteiger charge is -2.13. The highest BCUT2D eigenvalue weighted by Crippen LogP contribution is 2.26. The quantitative estimate of drug-likeness (QED) is 0.694. The van der Waals surface area contributed by atoms with E-state index >= 15 is 0 Å². The van der Waals surface area contributed by atoms with E-state index < -0.39 is 10.0 Å². The Morgan fingerprint density at radius 3 is 2.54 bits per heavy atom. The number of benzene rings is 2. The van der Waals surface area contributed by atoms with Crippen molar-refractivity contribution in [2.24, 2.45) is 0 Å². The molecule has 0 aliphatic rings. The van der Waals surface area contributed by atoms with Crippen LogP contribution in [-0.2, 0) is 16.4 Å². The Morgan fingerprint density at radius 2 is 1.81 bits per heavy atom. The van der Waals surface area contributed by atoms with Crippen LogP contribution in [0.4, 0.5) is 0 Å². The van der Waals surface area contributed by atoms with Crippen LogP contribution < -0.4 is 9.46 Å². The number of fused-ring (bicyclic) bond motifs is 1. The summed E-state index contributed by atoms with van der Waals surface area (Å²) in [7, 11) is -1.99. The van der Waals surface area contributed by atoms with Gasteiger partial charge < -0.3 is 9.72 Å². The van der Waals surface area contributed by atoms with Crippen molar-refractivity contribution in [3.63, 3.8) is 0 Å². The highest BCUT2D eigenvalue weighted by Gasteiger charge is 2.19. The summed E-state index contributed by atoms with van der Waals surface area (Å²) in [6.07, 6.45) is 0.628. The molecule has 0 saturated heterocycles. The molecular formula is C20H24N2O3S. The smallest absolute Gasteiger partial charge is 0.240 e. The molecule has 0 unspecified atom stereocenters. The molecule has 3 aromatic rings. The molecule has 0 fully saturated rings. The molecule has 1 heterocycles. The van der Waals surface area contributed by atoms with Crippen LogP contribution in [0.2, 0.25) is 0 Å². The summed E-state index contributed by atoms with van der Waals surface area (Å²) in [5.41, 5.74) is 4.76. The third-order valence-corrected chi connectivity index (χ3v) is 6.28. The first-order valence-electron chi connectivity index (χ1n) is 8.54. The van der Waals surface area contributed by atoms with E-state index in [0.717, 1.165) is 27.7 Å². The van der Waals surface area contributed by atoms with Gasteiger partial charge in [0.1, 0.15) is 5.75 Å². The van der Waals surface area contributed by atoms with Crippen molar-refractivity contribution >= 4 is 20.9 Å². The van der Waals surface area contributed by atoms with Gasteiger partial charge in [0.15, 0.2) is 0 Å². The van der Waals surface area contributed by atoms with Gasteiger partial charge in [0, 0.05) is 23.1 Å². The van der Waals surface area contributed by atoms with Gasteiger partial charge in [0.25, 0.3) is 0 Å². The first kappa shape index (κ1) is 18.5. The summed E-state index contributed by atoms with van der Waals surface area (Å²) in [5.74, 6) is 0.691. The van der Waals surface area contributed by atoms with Gasteiger partial charge in [0.2, 0.25) is 10.0 Å². The number of hydrogen-bond acceptors (Lipinski definition) is 3. The summed E-state index contributed by atoms with van der Waals surface area (Å²) >= 11 is 0. The number of rotatable bonds is 6. The lowest BCUT2D eigenvalue weighted by atomic mass is 10.1. The average molecular weight is 372 g/mol. The number of H-pyrrole nitrogens is 1. The Bertz CT molecular complexity index is 1050. The average Bonchev–Trinajstić information content (AvgIpc) is 2.92. The van der Waals surface area contributed by atoms with E-state index in [2.05, 4.69) is 15.8 Å². The third-order valence-electron chi connectivity index (χ3n) is 4.68. The van der Waals surface area contributed by atoms with Crippen molar-refractivity contribution < 1.29 is 13.2 Å². The summed E-state index contributed by atoms with van der Waals surface area (Å²) in [6.45, 7) is 5.98. The molecule has 0 aliphatic carbocycles. The van der Waals surface area contributed by atoms with E-state index in [9.17, 15) is 8.42 Å². The van der Waals surface area contributed by atoms with Crippen molar-refractivity contribution in [1.29, 1.82) is 0 Å². The van der Waals surface area contributed by atoms with Crippen LogP contribution in [0.25, 0.3) is 10.9 Å². The van der Waals surface area contributed by atoms with Crippen LogP contribution in [0.3, 0.4) is 0 Å². The van der Waals surface area contributed by atoms with E-state index in [4.69, 9.17) is 4.74 Å². The zero-order valence-corrected chi connectivity index (χ0v) is 16.3. The Labute approximate surface area is 154 Å².